The van der Waals surface area contributed by atoms with Gasteiger partial charge in [0.25, 0.3) is 0 Å². The highest BCUT2D eigenvalue weighted by atomic mass is 16.8. The van der Waals surface area contributed by atoms with E-state index in [4.69, 9.17) is 18.9 Å². The van der Waals surface area contributed by atoms with Crippen LogP contribution in [0.2, 0.25) is 0 Å². The Morgan fingerprint density at radius 2 is 1.54 bits per heavy atom. The van der Waals surface area contributed by atoms with Gasteiger partial charge in [0.2, 0.25) is 0 Å². The number of ether oxygens (including phenoxy) is 4. The molecule has 15 heteroatoms. The Labute approximate surface area is 329 Å². The van der Waals surface area contributed by atoms with Crippen LogP contribution >= 0.6 is 0 Å². The molecule has 4 aliphatic carbocycles. The zero-order valence-electron chi connectivity index (χ0n) is 33.9. The molecule has 0 bridgehead atoms. The lowest BCUT2D eigenvalue weighted by Gasteiger charge is -2.71. The van der Waals surface area contributed by atoms with Crippen LogP contribution in [0.25, 0.3) is 0 Å². The van der Waals surface area contributed by atoms with Gasteiger partial charge >= 0.3 is 5.97 Å². The molecule has 0 radical (unpaired) electrons. The number of aliphatic carboxylic acids is 1. The summed E-state index contributed by atoms with van der Waals surface area (Å²) in [5.74, 6) is -1.36. The fourth-order valence-corrected chi connectivity index (χ4v) is 12.4. The number of carboxylic acids is 1. The molecule has 6 aliphatic rings. The molecular weight excluding hydrogens is 732 g/mol. The first kappa shape index (κ1) is 44.2. The van der Waals surface area contributed by atoms with Gasteiger partial charge in [-0.05, 0) is 97.4 Å². The topological polar surface area (TPSA) is 256 Å². The van der Waals surface area contributed by atoms with Crippen LogP contribution in [0.1, 0.15) is 99.8 Å². The monoisotopic (exact) mass is 800 g/mol. The van der Waals surface area contributed by atoms with Crippen molar-refractivity contribution in [3.05, 3.63) is 11.6 Å². The third-order valence-electron chi connectivity index (χ3n) is 16.4. The number of hydrogen-bond donors (Lipinski definition) is 10. The third kappa shape index (κ3) is 7.01. The Bertz CT molecular complexity index is 1460. The van der Waals surface area contributed by atoms with Crippen LogP contribution in [0.4, 0.5) is 0 Å². The van der Waals surface area contributed by atoms with E-state index in [9.17, 15) is 55.9 Å². The standard InChI is InChI=1S/C41H68O15/c1-19(20(2)43)23(45)16-41(36(51)52)13-12-39(6)21(15-41)22(44)14-27-38(5)10-9-28(37(3,4)26(38)8-11-40(27,39)7)55-35-33(29(47)24(46)18-53-35)56-34-32(50)31(49)30(48)25(17-42)54-34/h15,19-20,22-35,42-50H,8-14,16-18H2,1-7H3,(H,51,52)/t19-,20-,22?,23?,24-,25+,26-,27+,28-,29-,30+,31-,32+,33+,34-,35-,38-,39+,40+,41-/m0/s1. The number of carboxylic acid groups (broad SMARTS) is 1. The predicted octanol–water partition coefficient (Wildman–Crippen LogP) is 0.824. The lowest BCUT2D eigenvalue weighted by Crippen LogP contribution is -2.66. The van der Waals surface area contributed by atoms with E-state index in [1.165, 1.54) is 0 Å². The average molecular weight is 801 g/mol. The van der Waals surface area contributed by atoms with Crippen molar-refractivity contribution in [3.8, 4) is 0 Å². The summed E-state index contributed by atoms with van der Waals surface area (Å²) in [4.78, 5) is 13.0. The highest BCUT2D eigenvalue weighted by molar-refractivity contribution is 5.78. The largest absolute Gasteiger partial charge is 0.481 e. The van der Waals surface area contributed by atoms with Crippen LogP contribution in [0, 0.1) is 44.8 Å². The Morgan fingerprint density at radius 1 is 0.857 bits per heavy atom. The Morgan fingerprint density at radius 3 is 2.16 bits per heavy atom. The summed E-state index contributed by atoms with van der Waals surface area (Å²) in [6.45, 7) is 13.5. The molecule has 5 fully saturated rings. The first-order valence-electron chi connectivity index (χ1n) is 20.6. The van der Waals surface area contributed by atoms with Gasteiger partial charge in [-0.1, -0.05) is 47.6 Å². The molecule has 10 N–H and O–H groups in total. The van der Waals surface area contributed by atoms with E-state index in [2.05, 4.69) is 34.6 Å². The smallest absolute Gasteiger partial charge is 0.313 e. The number of carbonyl (C=O) groups is 1. The molecule has 6 rings (SSSR count). The summed E-state index contributed by atoms with van der Waals surface area (Å²) in [7, 11) is 0. The van der Waals surface area contributed by atoms with E-state index in [-0.39, 0.29) is 35.7 Å². The molecule has 322 valence electrons. The fourth-order valence-electron chi connectivity index (χ4n) is 12.4. The average Bonchev–Trinajstić information content (AvgIpc) is 3.13. The molecule has 15 nitrogen and oxygen atoms in total. The van der Waals surface area contributed by atoms with E-state index in [1.807, 2.05) is 0 Å². The molecule has 0 spiro atoms. The minimum Gasteiger partial charge on any atom is -0.481 e. The van der Waals surface area contributed by atoms with Crippen molar-refractivity contribution in [1.29, 1.82) is 0 Å². The maximum Gasteiger partial charge on any atom is 0.313 e. The molecule has 0 amide bonds. The predicted molar refractivity (Wildman–Crippen MR) is 198 cm³/mol. The molecule has 0 aromatic rings. The molecular formula is C41H68O15. The van der Waals surface area contributed by atoms with E-state index < -0.39 is 114 Å². The number of aliphatic hydroxyl groups is 9. The maximum atomic E-state index is 13.0. The van der Waals surface area contributed by atoms with Crippen LogP contribution in [-0.2, 0) is 23.7 Å². The van der Waals surface area contributed by atoms with E-state index >= 15 is 0 Å². The van der Waals surface area contributed by atoms with E-state index in [0.717, 1.165) is 24.8 Å². The van der Waals surface area contributed by atoms with Gasteiger partial charge in [-0.3, -0.25) is 4.79 Å². The van der Waals surface area contributed by atoms with Crippen molar-refractivity contribution < 1.29 is 74.8 Å². The molecule has 3 saturated carbocycles. The number of fused-ring (bicyclic) bond motifs is 5. The second-order valence-electron chi connectivity index (χ2n) is 19.6. The highest BCUT2D eigenvalue weighted by Gasteiger charge is 2.69. The van der Waals surface area contributed by atoms with Gasteiger partial charge in [0.15, 0.2) is 12.6 Å². The third-order valence-corrected chi connectivity index (χ3v) is 16.4. The number of hydrogen-bond acceptors (Lipinski definition) is 14. The maximum absolute atomic E-state index is 13.0. The quantitative estimate of drug-likeness (QED) is 0.108. The highest BCUT2D eigenvalue weighted by Crippen LogP contribution is 2.74. The van der Waals surface area contributed by atoms with Gasteiger partial charge in [0, 0.05) is 5.92 Å². The summed E-state index contributed by atoms with van der Waals surface area (Å²) in [6.07, 6.45) is -10.4. The SMILES string of the molecule is C[C@H](O)[C@H](C)C(O)C[C@@]1(C(=O)O)C=C2C(O)C[C@@H]3[C@@]4(C)CC[C@H](O[C@@H]5OC[C@H](O)[C@H](O)[C@H]5O[C@@H]5O[C@H](CO)[C@@H](O)[C@H](O)[C@H]5O)C(C)(C)[C@@H]4CC[C@@]3(C)[C@]2(C)CC1. The molecule has 20 atom stereocenters. The molecule has 2 saturated heterocycles. The minimum atomic E-state index is -1.73. The Hall–Kier alpha value is -1.31. The summed E-state index contributed by atoms with van der Waals surface area (Å²) in [6, 6.07) is 0. The summed E-state index contributed by atoms with van der Waals surface area (Å²) in [5, 5.41) is 106. The van der Waals surface area contributed by atoms with Crippen molar-refractivity contribution in [2.45, 2.75) is 180 Å². The van der Waals surface area contributed by atoms with Crippen LogP contribution in [-0.4, -0.2) is 150 Å². The second kappa shape index (κ2) is 15.6. The van der Waals surface area contributed by atoms with Gasteiger partial charge < -0.3 is 70.0 Å². The number of aliphatic hydroxyl groups excluding tert-OH is 9. The van der Waals surface area contributed by atoms with Crippen molar-refractivity contribution in [2.24, 2.45) is 44.8 Å². The van der Waals surface area contributed by atoms with Crippen molar-refractivity contribution in [1.82, 2.24) is 0 Å². The fraction of sp³-hybridized carbons (Fsp3) is 0.927. The normalized spacial score (nSPS) is 50.7. The van der Waals surface area contributed by atoms with Gasteiger partial charge in [0.1, 0.15) is 42.7 Å². The molecule has 2 heterocycles. The van der Waals surface area contributed by atoms with E-state index in [1.54, 1.807) is 19.9 Å². The first-order chi connectivity index (χ1) is 26.0. The summed E-state index contributed by atoms with van der Waals surface area (Å²) >= 11 is 0. The van der Waals surface area contributed by atoms with Gasteiger partial charge in [0.05, 0.1) is 43.0 Å². The summed E-state index contributed by atoms with van der Waals surface area (Å²) < 4.78 is 24.1. The molecule has 2 unspecified atom stereocenters. The minimum absolute atomic E-state index is 0.0503. The van der Waals surface area contributed by atoms with Crippen molar-refractivity contribution in [3.63, 3.8) is 0 Å². The zero-order valence-corrected chi connectivity index (χ0v) is 33.9. The van der Waals surface area contributed by atoms with Crippen LogP contribution < -0.4 is 0 Å². The molecule has 0 aromatic carbocycles. The van der Waals surface area contributed by atoms with Gasteiger partial charge in [-0.2, -0.15) is 0 Å². The van der Waals surface area contributed by atoms with Crippen molar-refractivity contribution >= 4 is 5.97 Å². The van der Waals surface area contributed by atoms with Gasteiger partial charge in [-0.15, -0.1) is 0 Å². The van der Waals surface area contributed by atoms with Crippen LogP contribution in [0.5, 0.6) is 0 Å². The molecule has 56 heavy (non-hydrogen) atoms. The number of rotatable bonds is 10. The molecule has 0 aromatic heterocycles. The Balaban J connectivity index is 1.23. The first-order valence-corrected chi connectivity index (χ1v) is 20.6. The Kier molecular flexibility index (Phi) is 12.3. The van der Waals surface area contributed by atoms with Crippen molar-refractivity contribution in [2.75, 3.05) is 13.2 Å². The lowest BCUT2D eigenvalue weighted by molar-refractivity contribution is -0.367. The lowest BCUT2D eigenvalue weighted by atomic mass is 9.34. The zero-order chi connectivity index (χ0) is 41.5. The van der Waals surface area contributed by atoms with Gasteiger partial charge in [-0.25, -0.2) is 0 Å². The summed E-state index contributed by atoms with van der Waals surface area (Å²) in [5.41, 5.74) is -2.11. The molecule has 2 aliphatic heterocycles. The van der Waals surface area contributed by atoms with Crippen LogP contribution in [0.15, 0.2) is 11.6 Å². The van der Waals surface area contributed by atoms with Crippen LogP contribution in [0.3, 0.4) is 0 Å². The van der Waals surface area contributed by atoms with E-state index in [0.29, 0.717) is 25.7 Å². The second-order valence-corrected chi connectivity index (χ2v) is 19.6.